The highest BCUT2D eigenvalue weighted by molar-refractivity contribution is 4.37. The van der Waals surface area contributed by atoms with Crippen molar-refractivity contribution in [2.45, 2.75) is 6.42 Å². The van der Waals surface area contributed by atoms with Gasteiger partial charge in [0.2, 0.25) is 0 Å². The van der Waals surface area contributed by atoms with E-state index in [0.29, 0.717) is 13.0 Å². The Morgan fingerprint density at radius 3 is 2.71 bits per heavy atom. The molecule has 2 nitrogen and oxygen atoms in total. The topological polar surface area (TPSA) is 32.3 Å². The van der Waals surface area contributed by atoms with Gasteiger partial charge in [-0.2, -0.15) is 0 Å². The number of hydrogen-bond acceptors (Lipinski definition) is 2. The van der Waals surface area contributed by atoms with Crippen molar-refractivity contribution in [2.75, 3.05) is 20.0 Å². The maximum absolute atomic E-state index is 11.2. The normalized spacial score (nSPS) is 9.43. The van der Waals surface area contributed by atoms with Crippen LogP contribution in [-0.4, -0.2) is 25.1 Å². The van der Waals surface area contributed by atoms with Crippen LogP contribution in [0.3, 0.4) is 0 Å². The van der Waals surface area contributed by atoms with Crippen LogP contribution < -0.4 is 5.32 Å². The first-order valence-corrected chi connectivity index (χ1v) is 2.29. The average molecular weight is 107 g/mol. The van der Waals surface area contributed by atoms with Crippen molar-refractivity contribution in [3.8, 4) is 0 Å². The molecule has 0 fully saturated rings. The first kappa shape index (κ1) is 6.85. The number of halogens is 1. The number of aliphatic hydroxyl groups excluding tert-OH is 1. The Labute approximate surface area is 42.3 Å². The van der Waals surface area contributed by atoms with E-state index in [9.17, 15) is 4.39 Å². The van der Waals surface area contributed by atoms with Gasteiger partial charge in [0.25, 0.3) is 0 Å². The molecule has 0 radical (unpaired) electrons. The molecule has 0 aliphatic carbocycles. The van der Waals surface area contributed by atoms with Crippen LogP contribution in [0.5, 0.6) is 0 Å². The van der Waals surface area contributed by atoms with Crippen molar-refractivity contribution in [3.63, 3.8) is 0 Å². The van der Waals surface area contributed by atoms with Gasteiger partial charge in [-0.25, -0.2) is 0 Å². The molecule has 2 N–H and O–H groups in total. The minimum Gasteiger partial charge on any atom is -0.381 e. The molecule has 3 heteroatoms. The van der Waals surface area contributed by atoms with Crippen LogP contribution in [-0.2, 0) is 0 Å². The van der Waals surface area contributed by atoms with Crippen LogP contribution in [0, 0.1) is 0 Å². The molecule has 0 rings (SSSR count). The maximum Gasteiger partial charge on any atom is 0.0931 e. The van der Waals surface area contributed by atoms with E-state index in [1.54, 1.807) is 0 Å². The summed E-state index contributed by atoms with van der Waals surface area (Å²) in [6.07, 6.45) is 0.487. The van der Waals surface area contributed by atoms with Crippen LogP contribution in [0.4, 0.5) is 4.39 Å². The summed E-state index contributed by atoms with van der Waals surface area (Å²) >= 11 is 0. The van der Waals surface area contributed by atoms with E-state index in [1.807, 2.05) is 0 Å². The lowest BCUT2D eigenvalue weighted by Gasteiger charge is -1.93. The molecule has 7 heavy (non-hydrogen) atoms. The molecule has 0 amide bonds. The quantitative estimate of drug-likeness (QED) is 0.388. The SMILES string of the molecule is OCNCCCF. The number of rotatable bonds is 4. The average Bonchev–Trinajstić information content (AvgIpc) is 1.69. The molecule has 0 aliphatic heterocycles. The van der Waals surface area contributed by atoms with Gasteiger partial charge in [0, 0.05) is 0 Å². The van der Waals surface area contributed by atoms with Crippen molar-refractivity contribution in [1.29, 1.82) is 0 Å². The summed E-state index contributed by atoms with van der Waals surface area (Å²) in [6, 6.07) is 0. The van der Waals surface area contributed by atoms with Gasteiger partial charge >= 0.3 is 0 Å². The minimum absolute atomic E-state index is 0.0556. The molecule has 0 aromatic rings. The van der Waals surface area contributed by atoms with Crippen LogP contribution in [0.1, 0.15) is 6.42 Å². The molecule has 0 aliphatic rings. The van der Waals surface area contributed by atoms with E-state index in [-0.39, 0.29) is 13.4 Å². The zero-order valence-corrected chi connectivity index (χ0v) is 4.15. The summed E-state index contributed by atoms with van der Waals surface area (Å²) in [5.74, 6) is 0. The minimum atomic E-state index is -0.312. The number of hydrogen-bond donors (Lipinski definition) is 2. The van der Waals surface area contributed by atoms with Crippen LogP contribution in [0.25, 0.3) is 0 Å². The Morgan fingerprint density at radius 1 is 1.57 bits per heavy atom. The predicted octanol–water partition coefficient (Wildman–Crippen LogP) is -0.115. The molecule has 0 bridgehead atoms. The van der Waals surface area contributed by atoms with Crippen molar-refractivity contribution in [3.05, 3.63) is 0 Å². The first-order valence-electron chi connectivity index (χ1n) is 2.29. The molecule has 0 aromatic carbocycles. The lowest BCUT2D eigenvalue weighted by Crippen LogP contribution is -2.16. The van der Waals surface area contributed by atoms with E-state index in [2.05, 4.69) is 5.32 Å². The maximum atomic E-state index is 11.2. The smallest absolute Gasteiger partial charge is 0.0931 e. The number of nitrogens with one attached hydrogen (secondary N) is 1. The first-order chi connectivity index (χ1) is 3.41. The van der Waals surface area contributed by atoms with Crippen molar-refractivity contribution < 1.29 is 9.50 Å². The molecular formula is C4H10FNO. The highest BCUT2D eigenvalue weighted by Crippen LogP contribution is 1.73. The number of aliphatic hydroxyl groups is 1. The molecule has 44 valence electrons. The predicted molar refractivity (Wildman–Crippen MR) is 25.7 cm³/mol. The van der Waals surface area contributed by atoms with Gasteiger partial charge in [0.1, 0.15) is 0 Å². The molecular weight excluding hydrogens is 97.0 g/mol. The lowest BCUT2D eigenvalue weighted by atomic mass is 10.5. The number of alkyl halides is 1. The highest BCUT2D eigenvalue weighted by atomic mass is 19.1. The zero-order chi connectivity index (χ0) is 5.54. The Kier molecular flexibility index (Phi) is 5.72. The Balaban J connectivity index is 2.45. The molecule has 0 aromatic heterocycles. The van der Waals surface area contributed by atoms with Crippen LogP contribution >= 0.6 is 0 Å². The van der Waals surface area contributed by atoms with Gasteiger partial charge in [0.15, 0.2) is 0 Å². The van der Waals surface area contributed by atoms with Gasteiger partial charge in [-0.15, -0.1) is 0 Å². The largest absolute Gasteiger partial charge is 0.381 e. The third kappa shape index (κ3) is 5.85. The van der Waals surface area contributed by atoms with E-state index in [1.165, 1.54) is 0 Å². The van der Waals surface area contributed by atoms with Gasteiger partial charge in [-0.05, 0) is 13.0 Å². The second-order valence-electron chi connectivity index (χ2n) is 1.20. The van der Waals surface area contributed by atoms with Gasteiger partial charge in [-0.3, -0.25) is 9.71 Å². The molecule has 0 heterocycles. The summed E-state index contributed by atoms with van der Waals surface area (Å²) in [5, 5.41) is 10.6. The fraction of sp³-hybridized carbons (Fsp3) is 1.00. The summed E-state index contributed by atoms with van der Waals surface area (Å²) in [4.78, 5) is 0. The third-order valence-electron chi connectivity index (χ3n) is 0.599. The zero-order valence-electron chi connectivity index (χ0n) is 4.15. The second kappa shape index (κ2) is 5.85. The molecule has 0 atom stereocenters. The summed E-state index contributed by atoms with van der Waals surface area (Å²) in [6.45, 7) is 0.194. The van der Waals surface area contributed by atoms with E-state index >= 15 is 0 Å². The van der Waals surface area contributed by atoms with Gasteiger partial charge in [0.05, 0.1) is 13.4 Å². The standard InChI is InChI=1S/C4H10FNO/c5-2-1-3-6-4-7/h6-7H,1-4H2. The monoisotopic (exact) mass is 107 g/mol. The molecule has 0 spiro atoms. The summed E-state index contributed by atoms with van der Waals surface area (Å²) in [5.41, 5.74) is 0. The van der Waals surface area contributed by atoms with Crippen molar-refractivity contribution in [1.82, 2.24) is 5.32 Å². The fourth-order valence-electron chi connectivity index (χ4n) is 0.271. The Morgan fingerprint density at radius 2 is 2.29 bits per heavy atom. The highest BCUT2D eigenvalue weighted by Gasteiger charge is 1.80. The summed E-state index contributed by atoms with van der Waals surface area (Å²) < 4.78 is 11.2. The van der Waals surface area contributed by atoms with E-state index in [0.717, 1.165) is 0 Å². The van der Waals surface area contributed by atoms with Gasteiger partial charge < -0.3 is 5.11 Å². The van der Waals surface area contributed by atoms with Crippen LogP contribution in [0.15, 0.2) is 0 Å². The Hall–Kier alpha value is -0.150. The van der Waals surface area contributed by atoms with Gasteiger partial charge in [-0.1, -0.05) is 0 Å². The van der Waals surface area contributed by atoms with Crippen molar-refractivity contribution >= 4 is 0 Å². The van der Waals surface area contributed by atoms with E-state index < -0.39 is 0 Å². The third-order valence-corrected chi connectivity index (χ3v) is 0.599. The Bertz CT molecular complexity index is 30.9. The lowest BCUT2D eigenvalue weighted by molar-refractivity contribution is 0.258. The van der Waals surface area contributed by atoms with Crippen LogP contribution in [0.2, 0.25) is 0 Å². The summed E-state index contributed by atoms with van der Waals surface area (Å²) in [7, 11) is 0. The fourth-order valence-corrected chi connectivity index (χ4v) is 0.271. The van der Waals surface area contributed by atoms with E-state index in [4.69, 9.17) is 5.11 Å². The molecule has 0 unspecified atom stereocenters. The van der Waals surface area contributed by atoms with Crippen molar-refractivity contribution in [2.24, 2.45) is 0 Å². The second-order valence-corrected chi connectivity index (χ2v) is 1.20. The molecule has 0 saturated carbocycles. The molecule has 0 saturated heterocycles.